The molecule has 10 heteroatoms. The van der Waals surface area contributed by atoms with Crippen LogP contribution in [-0.4, -0.2) is 30.4 Å². The summed E-state index contributed by atoms with van der Waals surface area (Å²) in [5.41, 5.74) is 6.15. The number of primary amides is 1. The number of carbonyl (C=O) groups excluding carboxylic acids is 1. The van der Waals surface area contributed by atoms with E-state index in [0.29, 0.717) is 16.2 Å². The SMILES string of the molecule is Cc1nc(-c2nccs2)nc(-n2cc(C(F)F)c3cnccc32)c1C(N)=O. The number of carbonyl (C=O) groups is 1. The molecule has 1 amide bonds. The van der Waals surface area contributed by atoms with Gasteiger partial charge in [-0.15, -0.1) is 11.3 Å². The maximum atomic E-state index is 13.5. The summed E-state index contributed by atoms with van der Waals surface area (Å²) < 4.78 is 28.4. The van der Waals surface area contributed by atoms with Crippen molar-refractivity contribution in [2.45, 2.75) is 13.3 Å². The van der Waals surface area contributed by atoms with Crippen LogP contribution < -0.4 is 5.73 Å². The smallest absolute Gasteiger partial charge is 0.265 e. The molecule has 0 unspecified atom stereocenters. The van der Waals surface area contributed by atoms with Crippen LogP contribution in [0.2, 0.25) is 0 Å². The molecule has 0 aliphatic carbocycles. The molecule has 4 aromatic heterocycles. The molecule has 7 nitrogen and oxygen atoms in total. The second-order valence-corrected chi connectivity index (χ2v) is 6.58. The molecule has 2 N–H and O–H groups in total. The van der Waals surface area contributed by atoms with Gasteiger partial charge in [-0.3, -0.25) is 14.3 Å². The van der Waals surface area contributed by atoms with Crippen LogP contribution in [-0.2, 0) is 0 Å². The van der Waals surface area contributed by atoms with Crippen molar-refractivity contribution in [3.63, 3.8) is 0 Å². The van der Waals surface area contributed by atoms with Crippen LogP contribution in [0, 0.1) is 6.92 Å². The molecule has 0 aromatic carbocycles. The van der Waals surface area contributed by atoms with Crippen LogP contribution in [0.3, 0.4) is 0 Å². The highest BCUT2D eigenvalue weighted by molar-refractivity contribution is 7.13. The number of fused-ring (bicyclic) bond motifs is 1. The third-order valence-electron chi connectivity index (χ3n) is 4.04. The Kier molecular flexibility index (Phi) is 4.11. The average molecular weight is 386 g/mol. The van der Waals surface area contributed by atoms with E-state index in [1.807, 2.05) is 0 Å². The van der Waals surface area contributed by atoms with Crippen LogP contribution in [0.25, 0.3) is 27.6 Å². The van der Waals surface area contributed by atoms with Gasteiger partial charge >= 0.3 is 0 Å². The molecule has 0 spiro atoms. The number of aromatic nitrogens is 5. The van der Waals surface area contributed by atoms with E-state index in [4.69, 9.17) is 5.73 Å². The van der Waals surface area contributed by atoms with Crippen molar-refractivity contribution >= 4 is 28.1 Å². The average Bonchev–Trinajstić information content (AvgIpc) is 3.28. The summed E-state index contributed by atoms with van der Waals surface area (Å²) in [7, 11) is 0. The Morgan fingerprint density at radius 2 is 2.11 bits per heavy atom. The van der Waals surface area contributed by atoms with E-state index in [-0.39, 0.29) is 28.2 Å². The standard InChI is InChI=1S/C17H12F2N6OS/c1-8-12(14(20)26)16(24-15(23-8)17-22-4-5-27-17)25-7-10(13(18)19)9-6-21-3-2-11(9)25/h2-7,13H,1H3,(H2,20,26). The van der Waals surface area contributed by atoms with E-state index < -0.39 is 12.3 Å². The van der Waals surface area contributed by atoms with E-state index >= 15 is 0 Å². The summed E-state index contributed by atoms with van der Waals surface area (Å²) in [6.45, 7) is 1.61. The van der Waals surface area contributed by atoms with Gasteiger partial charge in [0.05, 0.1) is 11.2 Å². The van der Waals surface area contributed by atoms with Crippen LogP contribution in [0.1, 0.15) is 28.0 Å². The summed E-state index contributed by atoms with van der Waals surface area (Å²) in [5, 5.41) is 2.58. The van der Waals surface area contributed by atoms with Gasteiger partial charge in [-0.05, 0) is 13.0 Å². The minimum Gasteiger partial charge on any atom is -0.365 e. The monoisotopic (exact) mass is 386 g/mol. The van der Waals surface area contributed by atoms with E-state index in [0.717, 1.165) is 0 Å². The normalized spacial score (nSPS) is 11.4. The number of hydrogen-bond acceptors (Lipinski definition) is 6. The number of thiazole rings is 1. The summed E-state index contributed by atoms with van der Waals surface area (Å²) in [6, 6.07) is 1.58. The van der Waals surface area contributed by atoms with Crippen molar-refractivity contribution in [1.29, 1.82) is 0 Å². The van der Waals surface area contributed by atoms with Crippen molar-refractivity contribution in [1.82, 2.24) is 24.5 Å². The minimum atomic E-state index is -2.71. The van der Waals surface area contributed by atoms with E-state index in [1.165, 1.54) is 34.5 Å². The molecule has 0 saturated heterocycles. The van der Waals surface area contributed by atoms with Gasteiger partial charge in [0.2, 0.25) is 0 Å². The second kappa shape index (κ2) is 6.47. The van der Waals surface area contributed by atoms with Crippen LogP contribution >= 0.6 is 11.3 Å². The Hall–Kier alpha value is -3.27. The molecule has 0 aliphatic heterocycles. The minimum absolute atomic E-state index is 0.0600. The lowest BCUT2D eigenvalue weighted by atomic mass is 10.2. The van der Waals surface area contributed by atoms with E-state index in [9.17, 15) is 13.6 Å². The highest BCUT2D eigenvalue weighted by Crippen LogP contribution is 2.32. The molecule has 27 heavy (non-hydrogen) atoms. The number of aryl methyl sites for hydroxylation is 1. The maximum absolute atomic E-state index is 13.5. The quantitative estimate of drug-likeness (QED) is 0.580. The lowest BCUT2D eigenvalue weighted by Crippen LogP contribution is -2.19. The lowest BCUT2D eigenvalue weighted by Gasteiger charge is -2.12. The van der Waals surface area contributed by atoms with Gasteiger partial charge in [0.15, 0.2) is 16.6 Å². The number of alkyl halides is 2. The Morgan fingerprint density at radius 1 is 1.30 bits per heavy atom. The third-order valence-corrected chi connectivity index (χ3v) is 4.81. The fourth-order valence-corrected chi connectivity index (χ4v) is 3.47. The zero-order chi connectivity index (χ0) is 19.1. The number of hydrogen-bond donors (Lipinski definition) is 1. The number of halogens is 2. The molecule has 0 bridgehead atoms. The van der Waals surface area contributed by atoms with E-state index in [2.05, 4.69) is 19.9 Å². The Morgan fingerprint density at radius 3 is 2.78 bits per heavy atom. The van der Waals surface area contributed by atoms with Gasteiger partial charge in [0.25, 0.3) is 12.3 Å². The van der Waals surface area contributed by atoms with Crippen LogP contribution in [0.4, 0.5) is 8.78 Å². The Labute approximate surface area is 155 Å². The predicted molar refractivity (Wildman–Crippen MR) is 96.0 cm³/mol. The maximum Gasteiger partial charge on any atom is 0.265 e. The molecule has 0 radical (unpaired) electrons. The summed E-state index contributed by atoms with van der Waals surface area (Å²) >= 11 is 1.33. The first-order chi connectivity index (χ1) is 13.0. The fraction of sp³-hybridized carbons (Fsp3) is 0.118. The first-order valence-corrected chi connectivity index (χ1v) is 8.67. The second-order valence-electron chi connectivity index (χ2n) is 5.68. The zero-order valence-corrected chi connectivity index (χ0v) is 14.7. The van der Waals surface area contributed by atoms with Crippen molar-refractivity contribution in [3.8, 4) is 16.6 Å². The van der Waals surface area contributed by atoms with Crippen molar-refractivity contribution in [2.75, 3.05) is 0 Å². The molecular formula is C17H12F2N6OS. The van der Waals surface area contributed by atoms with E-state index in [1.54, 1.807) is 24.6 Å². The molecule has 0 atom stereocenters. The first-order valence-electron chi connectivity index (χ1n) is 7.79. The molecule has 0 saturated carbocycles. The number of nitrogens with zero attached hydrogens (tertiary/aromatic N) is 5. The van der Waals surface area contributed by atoms with Gasteiger partial charge in [0.1, 0.15) is 5.56 Å². The van der Waals surface area contributed by atoms with Gasteiger partial charge in [-0.1, -0.05) is 0 Å². The lowest BCUT2D eigenvalue weighted by molar-refractivity contribution is 0.0999. The van der Waals surface area contributed by atoms with Gasteiger partial charge in [-0.2, -0.15) is 0 Å². The number of amides is 1. The molecule has 0 aliphatic rings. The summed E-state index contributed by atoms with van der Waals surface area (Å²) in [6.07, 6.45) is 2.97. The largest absolute Gasteiger partial charge is 0.365 e. The highest BCUT2D eigenvalue weighted by atomic mass is 32.1. The predicted octanol–water partition coefficient (Wildman–Crippen LogP) is 3.28. The number of nitrogens with two attached hydrogens (primary N) is 1. The van der Waals surface area contributed by atoms with Crippen molar-refractivity contribution < 1.29 is 13.6 Å². The fourth-order valence-electron chi connectivity index (χ4n) is 2.90. The summed E-state index contributed by atoms with van der Waals surface area (Å²) in [5.74, 6) is -0.331. The van der Waals surface area contributed by atoms with Crippen molar-refractivity contribution in [2.24, 2.45) is 5.73 Å². The molecule has 4 aromatic rings. The molecule has 0 fully saturated rings. The molecule has 136 valence electrons. The first kappa shape index (κ1) is 17.2. The molecule has 4 rings (SSSR count). The zero-order valence-electron chi connectivity index (χ0n) is 13.9. The molecule has 4 heterocycles. The topological polar surface area (TPSA) is 99.6 Å². The Balaban J connectivity index is 2.06. The Bertz CT molecular complexity index is 1160. The van der Waals surface area contributed by atoms with Crippen LogP contribution in [0.5, 0.6) is 0 Å². The number of pyridine rings is 1. The van der Waals surface area contributed by atoms with Gasteiger partial charge in [-0.25, -0.2) is 23.7 Å². The molecular weight excluding hydrogens is 374 g/mol. The summed E-state index contributed by atoms with van der Waals surface area (Å²) in [4.78, 5) is 28.9. The van der Waals surface area contributed by atoms with Crippen molar-refractivity contribution in [3.05, 3.63) is 53.1 Å². The third kappa shape index (κ3) is 2.83. The van der Waals surface area contributed by atoms with Crippen LogP contribution in [0.15, 0.2) is 36.2 Å². The van der Waals surface area contributed by atoms with Gasteiger partial charge in [0, 0.05) is 41.1 Å². The highest BCUT2D eigenvalue weighted by Gasteiger charge is 2.23. The van der Waals surface area contributed by atoms with Gasteiger partial charge < -0.3 is 5.73 Å². The number of rotatable bonds is 4.